The fourth-order valence-corrected chi connectivity index (χ4v) is 6.15. The molecule has 41 heavy (non-hydrogen) atoms. The van der Waals surface area contributed by atoms with Crippen molar-refractivity contribution in [1.29, 1.82) is 0 Å². The molecule has 1 saturated heterocycles. The van der Waals surface area contributed by atoms with Crippen LogP contribution in [0.2, 0.25) is 5.02 Å². The zero-order chi connectivity index (χ0) is 29.5. The number of para-hydroxylation sites is 1. The second-order valence-corrected chi connectivity index (χ2v) is 11.3. The number of unbranched alkanes of at least 4 members (excludes halogenated alkanes) is 1. The highest BCUT2D eigenvalue weighted by atomic mass is 35.5. The molecule has 4 atom stereocenters. The van der Waals surface area contributed by atoms with E-state index in [4.69, 9.17) is 25.8 Å². The SMILES string of the molecule is C=C(C)[C@@H]1C[C@@H](c2cccc(Cl)c2)[C@@H](CCCC)O[C@H]1c1c(C)cc(-c2ccccc2OCC)cc1OCC(=O)O. The Hall–Kier alpha value is -3.28. The number of ether oxygens (including phenoxy) is 3. The summed E-state index contributed by atoms with van der Waals surface area (Å²) in [7, 11) is 0. The van der Waals surface area contributed by atoms with Gasteiger partial charge in [0.2, 0.25) is 0 Å². The fourth-order valence-electron chi connectivity index (χ4n) is 5.95. The summed E-state index contributed by atoms with van der Waals surface area (Å²) in [4.78, 5) is 11.6. The van der Waals surface area contributed by atoms with Gasteiger partial charge in [0.05, 0.1) is 18.8 Å². The van der Waals surface area contributed by atoms with Crippen LogP contribution in [0.25, 0.3) is 11.1 Å². The van der Waals surface area contributed by atoms with Gasteiger partial charge in [-0.15, -0.1) is 0 Å². The van der Waals surface area contributed by atoms with E-state index in [-0.39, 0.29) is 24.0 Å². The van der Waals surface area contributed by atoms with Crippen LogP contribution in [0.1, 0.15) is 75.2 Å². The number of benzene rings is 3. The lowest BCUT2D eigenvalue weighted by Gasteiger charge is -2.43. The number of halogens is 1. The average molecular weight is 577 g/mol. The molecule has 0 aliphatic carbocycles. The van der Waals surface area contributed by atoms with Crippen molar-refractivity contribution < 1.29 is 24.1 Å². The molecule has 0 spiro atoms. The number of hydrogen-bond donors (Lipinski definition) is 1. The van der Waals surface area contributed by atoms with E-state index in [9.17, 15) is 9.90 Å². The summed E-state index contributed by atoms with van der Waals surface area (Å²) in [5, 5.41) is 10.2. The Labute approximate surface area is 249 Å². The first-order chi connectivity index (χ1) is 19.7. The molecule has 3 aromatic rings. The molecule has 1 aliphatic heterocycles. The highest BCUT2D eigenvalue weighted by molar-refractivity contribution is 6.30. The number of carbonyl (C=O) groups is 1. The van der Waals surface area contributed by atoms with Gasteiger partial charge in [-0.05, 0) is 74.6 Å². The summed E-state index contributed by atoms with van der Waals surface area (Å²) in [6.07, 6.45) is 3.51. The maximum absolute atomic E-state index is 11.6. The van der Waals surface area contributed by atoms with E-state index >= 15 is 0 Å². The van der Waals surface area contributed by atoms with Gasteiger partial charge in [-0.2, -0.15) is 0 Å². The molecule has 6 heteroatoms. The molecule has 0 unspecified atom stereocenters. The Bertz CT molecular complexity index is 1370. The third-order valence-electron chi connectivity index (χ3n) is 7.88. The molecule has 3 aromatic carbocycles. The fraction of sp³-hybridized carbons (Fsp3) is 0.400. The predicted octanol–water partition coefficient (Wildman–Crippen LogP) is 9.17. The van der Waals surface area contributed by atoms with Gasteiger partial charge >= 0.3 is 5.97 Å². The molecule has 4 rings (SSSR count). The van der Waals surface area contributed by atoms with E-state index in [1.807, 2.05) is 69.3 Å². The number of carboxylic acid groups (broad SMARTS) is 1. The lowest BCUT2D eigenvalue weighted by atomic mass is 9.74. The highest BCUT2D eigenvalue weighted by Crippen LogP contribution is 2.51. The van der Waals surface area contributed by atoms with Gasteiger partial charge in [0.15, 0.2) is 6.61 Å². The maximum atomic E-state index is 11.6. The molecule has 1 N–H and O–H groups in total. The molecule has 0 aromatic heterocycles. The third-order valence-corrected chi connectivity index (χ3v) is 8.11. The Kier molecular flexibility index (Phi) is 10.5. The quantitative estimate of drug-likeness (QED) is 0.218. The summed E-state index contributed by atoms with van der Waals surface area (Å²) < 4.78 is 18.9. The molecule has 1 aliphatic rings. The first kappa shape index (κ1) is 30.7. The molecule has 218 valence electrons. The number of carboxylic acids is 1. The molecule has 0 amide bonds. The van der Waals surface area contributed by atoms with Gasteiger partial charge in [-0.25, -0.2) is 4.79 Å². The molecule has 0 saturated carbocycles. The van der Waals surface area contributed by atoms with Crippen LogP contribution < -0.4 is 9.47 Å². The van der Waals surface area contributed by atoms with E-state index in [2.05, 4.69) is 25.6 Å². The second-order valence-electron chi connectivity index (χ2n) is 10.9. The standard InChI is InChI=1S/C35H41ClO5/c1-6-8-15-31-29(24-12-11-13-26(36)18-24)20-28(22(3)4)35(41-31)34-23(5)17-25(19-32(34)40-21-33(37)38)27-14-9-10-16-30(27)39-7-2/h9-14,16-19,28-29,31,35H,3,6-8,15,20-21H2,1-2,4-5H3,(H,37,38)/t28-,29-,31+,35+/m0/s1. The summed E-state index contributed by atoms with van der Waals surface area (Å²) in [6, 6.07) is 20.0. The minimum absolute atomic E-state index is 0.00398. The van der Waals surface area contributed by atoms with Crippen molar-refractivity contribution in [2.24, 2.45) is 5.92 Å². The van der Waals surface area contributed by atoms with Crippen LogP contribution in [-0.4, -0.2) is 30.4 Å². The van der Waals surface area contributed by atoms with Crippen LogP contribution in [0.15, 0.2) is 72.8 Å². The van der Waals surface area contributed by atoms with Gasteiger partial charge in [0.1, 0.15) is 11.5 Å². The van der Waals surface area contributed by atoms with Gasteiger partial charge < -0.3 is 19.3 Å². The molecule has 1 fully saturated rings. The summed E-state index contributed by atoms with van der Waals surface area (Å²) in [5.74, 6) is 0.421. The van der Waals surface area contributed by atoms with Crippen LogP contribution in [-0.2, 0) is 9.53 Å². The smallest absolute Gasteiger partial charge is 0.341 e. The topological polar surface area (TPSA) is 65.0 Å². The monoisotopic (exact) mass is 576 g/mol. The number of aryl methyl sites for hydroxylation is 1. The molecular weight excluding hydrogens is 536 g/mol. The summed E-state index contributed by atoms with van der Waals surface area (Å²) >= 11 is 6.41. The van der Waals surface area contributed by atoms with Crippen LogP contribution in [0.3, 0.4) is 0 Å². The predicted molar refractivity (Wildman–Crippen MR) is 165 cm³/mol. The minimum Gasteiger partial charge on any atom is -0.493 e. The van der Waals surface area contributed by atoms with Crippen molar-refractivity contribution in [2.75, 3.05) is 13.2 Å². The zero-order valence-electron chi connectivity index (χ0n) is 24.5. The van der Waals surface area contributed by atoms with Crippen molar-refractivity contribution >= 4 is 17.6 Å². The minimum atomic E-state index is -1.03. The maximum Gasteiger partial charge on any atom is 0.341 e. The Morgan fingerprint density at radius 3 is 2.54 bits per heavy atom. The van der Waals surface area contributed by atoms with Gasteiger partial charge in [-0.1, -0.05) is 79.9 Å². The first-order valence-corrected chi connectivity index (χ1v) is 14.9. The van der Waals surface area contributed by atoms with Crippen LogP contribution >= 0.6 is 11.6 Å². The molecule has 5 nitrogen and oxygen atoms in total. The lowest BCUT2D eigenvalue weighted by Crippen LogP contribution is -2.36. The van der Waals surface area contributed by atoms with E-state index in [1.54, 1.807) is 0 Å². The van der Waals surface area contributed by atoms with Gasteiger partial charge in [-0.3, -0.25) is 0 Å². The van der Waals surface area contributed by atoms with E-state index < -0.39 is 12.6 Å². The van der Waals surface area contributed by atoms with Crippen molar-refractivity contribution in [3.8, 4) is 22.6 Å². The zero-order valence-corrected chi connectivity index (χ0v) is 25.2. The van der Waals surface area contributed by atoms with E-state index in [1.165, 1.54) is 5.56 Å². The highest BCUT2D eigenvalue weighted by Gasteiger charge is 2.41. The molecule has 0 radical (unpaired) electrons. The third kappa shape index (κ3) is 7.33. The van der Waals surface area contributed by atoms with Crippen LogP contribution in [0.4, 0.5) is 0 Å². The normalized spacial score (nSPS) is 20.4. The van der Waals surface area contributed by atoms with Crippen molar-refractivity contribution in [3.05, 3.63) is 94.5 Å². The first-order valence-electron chi connectivity index (χ1n) is 14.5. The largest absolute Gasteiger partial charge is 0.493 e. The Balaban J connectivity index is 1.82. The van der Waals surface area contributed by atoms with Gasteiger partial charge in [0.25, 0.3) is 0 Å². The van der Waals surface area contributed by atoms with E-state index in [0.717, 1.165) is 59.3 Å². The average Bonchev–Trinajstić information content (AvgIpc) is 2.94. The van der Waals surface area contributed by atoms with E-state index in [0.29, 0.717) is 17.4 Å². The van der Waals surface area contributed by atoms with Crippen molar-refractivity contribution in [2.45, 2.75) is 71.5 Å². The molecular formula is C35H41ClO5. The molecule has 1 heterocycles. The van der Waals surface area contributed by atoms with Crippen LogP contribution in [0.5, 0.6) is 11.5 Å². The van der Waals surface area contributed by atoms with Gasteiger partial charge in [0, 0.05) is 28.0 Å². The van der Waals surface area contributed by atoms with Crippen LogP contribution in [0, 0.1) is 12.8 Å². The molecule has 0 bridgehead atoms. The Morgan fingerprint density at radius 1 is 1.07 bits per heavy atom. The Morgan fingerprint density at radius 2 is 1.85 bits per heavy atom. The summed E-state index contributed by atoms with van der Waals surface area (Å²) in [5.41, 5.74) is 5.86. The van der Waals surface area contributed by atoms with Crippen molar-refractivity contribution in [1.82, 2.24) is 0 Å². The number of aliphatic carboxylic acids is 1. The number of hydrogen-bond acceptors (Lipinski definition) is 4. The second kappa shape index (κ2) is 14.1. The summed E-state index contributed by atoms with van der Waals surface area (Å²) in [6.45, 7) is 12.7. The number of rotatable bonds is 12. The van der Waals surface area contributed by atoms with Crippen molar-refractivity contribution in [3.63, 3.8) is 0 Å². The lowest BCUT2D eigenvalue weighted by molar-refractivity contribution is -0.139.